The summed E-state index contributed by atoms with van der Waals surface area (Å²) < 4.78 is 5.11. The molecule has 0 aliphatic rings. The van der Waals surface area contributed by atoms with Crippen LogP contribution < -0.4 is 14.3 Å². The van der Waals surface area contributed by atoms with E-state index in [0.29, 0.717) is 0 Å². The molecule has 0 saturated carbocycles. The molecule has 0 unspecified atom stereocenters. The van der Waals surface area contributed by atoms with Gasteiger partial charge in [-0.3, -0.25) is 0 Å². The van der Waals surface area contributed by atoms with E-state index in [-0.39, 0.29) is 0 Å². The summed E-state index contributed by atoms with van der Waals surface area (Å²) in [5.74, 6) is 0. The predicted octanol–water partition coefficient (Wildman–Crippen LogP) is 4.37. The third-order valence-corrected chi connectivity index (χ3v) is 20.4. The van der Waals surface area contributed by atoms with Crippen LogP contribution in [0, 0.1) is 0 Å². The predicted molar refractivity (Wildman–Crippen MR) is 120 cm³/mol. The van der Waals surface area contributed by atoms with Gasteiger partial charge in [0, 0.05) is 0 Å². The topological polar surface area (TPSA) is 0 Å². The van der Waals surface area contributed by atoms with Gasteiger partial charge in [0.25, 0.3) is 0 Å². The van der Waals surface area contributed by atoms with Gasteiger partial charge in [0.05, 0.1) is 0 Å². The molecular formula is C24H18Cl2Sn. The molecule has 0 atom stereocenters. The van der Waals surface area contributed by atoms with Crippen molar-refractivity contribution in [2.75, 3.05) is 0 Å². The summed E-state index contributed by atoms with van der Waals surface area (Å²) in [4.78, 5) is 0. The number of hydrogen-bond donors (Lipinski definition) is 0. The third kappa shape index (κ3) is 3.31. The molecule has 4 aromatic carbocycles. The van der Waals surface area contributed by atoms with Crippen molar-refractivity contribution in [3.63, 3.8) is 0 Å². The maximum atomic E-state index is 6.83. The maximum absolute atomic E-state index is 6.83. The van der Waals surface area contributed by atoms with Crippen LogP contribution in [-0.4, -0.2) is 18.4 Å². The van der Waals surface area contributed by atoms with Gasteiger partial charge in [0.2, 0.25) is 0 Å². The van der Waals surface area contributed by atoms with Gasteiger partial charge >= 0.3 is 175 Å². The van der Waals surface area contributed by atoms with Gasteiger partial charge in [-0.2, -0.15) is 0 Å². The summed E-state index contributed by atoms with van der Waals surface area (Å²) >= 11 is 9.97. The van der Waals surface area contributed by atoms with Crippen LogP contribution in [-0.2, 0) is 0 Å². The number of hydrogen-bond acceptors (Lipinski definition) is 0. The Hall–Kier alpha value is -1.74. The Kier molecular flexibility index (Phi) is 5.58. The Morgan fingerprint density at radius 3 is 1.07 bits per heavy atom. The fraction of sp³-hybridized carbons (Fsp3) is 0. The van der Waals surface area contributed by atoms with Crippen molar-refractivity contribution in [3.8, 4) is 0 Å². The summed E-state index contributed by atoms with van der Waals surface area (Å²) in [7, 11) is 0. The standard InChI is InChI=1S/C6H3Cl2.3C6H5.Sn/c7-5-2-1-3-6(8)4-5;3*1-2-4-6-5-3-1;/h1-3H;3*1-5H;. The van der Waals surface area contributed by atoms with Crippen LogP contribution in [0.4, 0.5) is 0 Å². The van der Waals surface area contributed by atoms with Crippen LogP contribution in [0.5, 0.6) is 0 Å². The van der Waals surface area contributed by atoms with Gasteiger partial charge < -0.3 is 0 Å². The van der Waals surface area contributed by atoms with Crippen LogP contribution in [0.1, 0.15) is 0 Å². The molecule has 0 aliphatic heterocycles. The molecule has 132 valence electrons. The molecule has 0 spiro atoms. The second-order valence-electron chi connectivity index (χ2n) is 6.44. The van der Waals surface area contributed by atoms with Crippen molar-refractivity contribution in [1.29, 1.82) is 0 Å². The van der Waals surface area contributed by atoms with Gasteiger partial charge in [-0.1, -0.05) is 0 Å². The fourth-order valence-corrected chi connectivity index (χ4v) is 19.9. The Morgan fingerprint density at radius 2 is 0.741 bits per heavy atom. The van der Waals surface area contributed by atoms with E-state index in [1.165, 1.54) is 10.7 Å². The molecule has 0 amide bonds. The molecule has 0 aliphatic carbocycles. The molecule has 0 fully saturated rings. The zero-order valence-electron chi connectivity index (χ0n) is 14.6. The van der Waals surface area contributed by atoms with Crippen LogP contribution in [0.2, 0.25) is 10.0 Å². The minimum atomic E-state index is -3.70. The van der Waals surface area contributed by atoms with Gasteiger partial charge in [-0.05, 0) is 0 Å². The Bertz CT molecular complexity index is 915. The average molecular weight is 496 g/mol. The van der Waals surface area contributed by atoms with Crippen molar-refractivity contribution >= 4 is 55.9 Å². The van der Waals surface area contributed by atoms with E-state index in [2.05, 4.69) is 91.0 Å². The summed E-state index contributed by atoms with van der Waals surface area (Å²) in [6.45, 7) is 0. The van der Waals surface area contributed by atoms with Crippen molar-refractivity contribution in [2.24, 2.45) is 0 Å². The summed E-state index contributed by atoms with van der Waals surface area (Å²) in [6.07, 6.45) is 0. The van der Waals surface area contributed by atoms with E-state index in [1.54, 1.807) is 0 Å². The van der Waals surface area contributed by atoms with E-state index in [9.17, 15) is 0 Å². The van der Waals surface area contributed by atoms with Crippen LogP contribution >= 0.6 is 23.2 Å². The number of rotatable bonds is 4. The van der Waals surface area contributed by atoms with Gasteiger partial charge in [-0.25, -0.2) is 0 Å². The van der Waals surface area contributed by atoms with E-state index < -0.39 is 18.4 Å². The first-order valence-corrected chi connectivity index (χ1v) is 15.3. The molecule has 0 radical (unpaired) electrons. The summed E-state index contributed by atoms with van der Waals surface area (Å²) in [5.41, 5.74) is 0. The monoisotopic (exact) mass is 496 g/mol. The molecule has 4 rings (SSSR count). The molecule has 0 nitrogen and oxygen atoms in total. The normalized spacial score (nSPS) is 11.3. The van der Waals surface area contributed by atoms with Gasteiger partial charge in [0.1, 0.15) is 0 Å². The molecule has 27 heavy (non-hydrogen) atoms. The molecule has 0 aromatic heterocycles. The van der Waals surface area contributed by atoms with E-state index in [4.69, 9.17) is 23.2 Å². The molecule has 0 heterocycles. The van der Waals surface area contributed by atoms with E-state index in [1.807, 2.05) is 18.2 Å². The van der Waals surface area contributed by atoms with Crippen molar-refractivity contribution in [3.05, 3.63) is 119 Å². The average Bonchev–Trinajstić information content (AvgIpc) is 2.73. The second kappa shape index (κ2) is 8.10. The number of halogens is 2. The zero-order chi connectivity index (χ0) is 18.7. The first kappa shape index (κ1) is 18.6. The minimum absolute atomic E-state index is 0.745. The number of benzene rings is 4. The first-order chi connectivity index (χ1) is 13.2. The van der Waals surface area contributed by atoms with Crippen LogP contribution in [0.15, 0.2) is 109 Å². The molecule has 0 bridgehead atoms. The fourth-order valence-electron chi connectivity index (χ4n) is 3.85. The van der Waals surface area contributed by atoms with Gasteiger partial charge in [0.15, 0.2) is 0 Å². The molecule has 3 heteroatoms. The van der Waals surface area contributed by atoms with Crippen molar-refractivity contribution < 1.29 is 0 Å². The van der Waals surface area contributed by atoms with Gasteiger partial charge in [-0.15, -0.1) is 0 Å². The third-order valence-electron chi connectivity index (χ3n) is 4.96. The second-order valence-corrected chi connectivity index (χ2v) is 17.9. The molecule has 0 saturated heterocycles. The van der Waals surface area contributed by atoms with E-state index in [0.717, 1.165) is 13.6 Å². The molecular weight excluding hydrogens is 478 g/mol. The Balaban J connectivity index is 2.21. The van der Waals surface area contributed by atoms with Crippen LogP contribution in [0.25, 0.3) is 0 Å². The Morgan fingerprint density at radius 1 is 0.407 bits per heavy atom. The first-order valence-electron chi connectivity index (χ1n) is 8.85. The SMILES string of the molecule is Clc1cccc(Cl)[c]1[Sn]([c]1ccccc1)([c]1ccccc1)[c]1ccccc1. The van der Waals surface area contributed by atoms with Crippen LogP contribution in [0.3, 0.4) is 0 Å². The quantitative estimate of drug-likeness (QED) is 0.369. The van der Waals surface area contributed by atoms with Crippen molar-refractivity contribution in [2.45, 2.75) is 0 Å². The van der Waals surface area contributed by atoms with Crippen molar-refractivity contribution in [1.82, 2.24) is 0 Å². The summed E-state index contributed by atoms with van der Waals surface area (Å²) in [5, 5.41) is 1.49. The van der Waals surface area contributed by atoms with E-state index >= 15 is 0 Å². The molecule has 0 N–H and O–H groups in total. The zero-order valence-corrected chi connectivity index (χ0v) is 19.0. The summed E-state index contributed by atoms with van der Waals surface area (Å²) in [6, 6.07) is 38.1. The molecule has 4 aromatic rings. The Labute approximate surface area is 174 Å².